The molecule has 1 aliphatic rings. The van der Waals surface area contributed by atoms with Gasteiger partial charge in [-0.05, 0) is 24.8 Å². The highest BCUT2D eigenvalue weighted by Gasteiger charge is 2.29. The van der Waals surface area contributed by atoms with Crippen molar-refractivity contribution in [2.24, 2.45) is 0 Å². The lowest BCUT2D eigenvalue weighted by atomic mass is 9.84. The molecule has 1 unspecified atom stereocenters. The first kappa shape index (κ1) is 16.5. The third-order valence-electron chi connectivity index (χ3n) is 4.76. The molecule has 2 N–H and O–H groups in total. The van der Waals surface area contributed by atoms with E-state index in [1.807, 2.05) is 0 Å². The van der Waals surface area contributed by atoms with Gasteiger partial charge in [-0.2, -0.15) is 0 Å². The van der Waals surface area contributed by atoms with E-state index in [9.17, 15) is 5.11 Å². The quantitative estimate of drug-likeness (QED) is 0.686. The highest BCUT2D eigenvalue weighted by Crippen LogP contribution is 2.29. The Morgan fingerprint density at radius 3 is 2.48 bits per heavy atom. The number of hydrogen-bond acceptors (Lipinski definition) is 2. The van der Waals surface area contributed by atoms with Crippen molar-refractivity contribution in [3.8, 4) is 0 Å². The fraction of sp³-hybridized carbons (Fsp3) is 0.684. The van der Waals surface area contributed by atoms with Crippen molar-refractivity contribution in [2.45, 2.75) is 76.4 Å². The SMILES string of the molecule is CCCCCC(NCC1(O)CCCCC1)c1ccccc1. The summed E-state index contributed by atoms with van der Waals surface area (Å²) >= 11 is 0. The molecule has 1 atom stereocenters. The highest BCUT2D eigenvalue weighted by atomic mass is 16.3. The minimum Gasteiger partial charge on any atom is -0.389 e. The zero-order chi connectivity index (χ0) is 15.0. The molecule has 0 radical (unpaired) electrons. The van der Waals surface area contributed by atoms with E-state index >= 15 is 0 Å². The zero-order valence-corrected chi connectivity index (χ0v) is 13.5. The van der Waals surface area contributed by atoms with Gasteiger partial charge < -0.3 is 10.4 Å². The Morgan fingerprint density at radius 2 is 1.81 bits per heavy atom. The average Bonchev–Trinajstić information content (AvgIpc) is 2.52. The van der Waals surface area contributed by atoms with Gasteiger partial charge in [-0.3, -0.25) is 0 Å². The van der Waals surface area contributed by atoms with E-state index in [1.54, 1.807) is 0 Å². The van der Waals surface area contributed by atoms with Crippen molar-refractivity contribution >= 4 is 0 Å². The maximum Gasteiger partial charge on any atom is 0.0771 e. The summed E-state index contributed by atoms with van der Waals surface area (Å²) in [5.74, 6) is 0. The van der Waals surface area contributed by atoms with Gasteiger partial charge in [0.2, 0.25) is 0 Å². The average molecular weight is 289 g/mol. The lowest BCUT2D eigenvalue weighted by Gasteiger charge is -2.34. The van der Waals surface area contributed by atoms with E-state index in [4.69, 9.17) is 0 Å². The van der Waals surface area contributed by atoms with Crippen molar-refractivity contribution in [3.63, 3.8) is 0 Å². The molecule has 0 heterocycles. The second kappa shape index (κ2) is 8.55. The minimum absolute atomic E-state index is 0.378. The number of hydrogen-bond donors (Lipinski definition) is 2. The van der Waals surface area contributed by atoms with Gasteiger partial charge in [0.15, 0.2) is 0 Å². The molecule has 0 spiro atoms. The summed E-state index contributed by atoms with van der Waals surface area (Å²) in [6.07, 6.45) is 10.5. The summed E-state index contributed by atoms with van der Waals surface area (Å²) in [7, 11) is 0. The van der Waals surface area contributed by atoms with Crippen LogP contribution >= 0.6 is 0 Å². The maximum atomic E-state index is 10.7. The van der Waals surface area contributed by atoms with Crippen LogP contribution in [0.1, 0.15) is 76.3 Å². The predicted molar refractivity (Wildman–Crippen MR) is 89.4 cm³/mol. The lowest BCUT2D eigenvalue weighted by molar-refractivity contribution is 0.00230. The van der Waals surface area contributed by atoms with Crippen LogP contribution in [-0.4, -0.2) is 17.3 Å². The van der Waals surface area contributed by atoms with Gasteiger partial charge in [-0.25, -0.2) is 0 Å². The van der Waals surface area contributed by atoms with Crippen LogP contribution in [-0.2, 0) is 0 Å². The Morgan fingerprint density at radius 1 is 1.10 bits per heavy atom. The van der Waals surface area contributed by atoms with Crippen LogP contribution in [0.25, 0.3) is 0 Å². The molecular weight excluding hydrogens is 258 g/mol. The molecule has 0 bridgehead atoms. The molecule has 1 saturated carbocycles. The van der Waals surface area contributed by atoms with Crippen LogP contribution in [0.4, 0.5) is 0 Å². The van der Waals surface area contributed by atoms with E-state index in [1.165, 1.54) is 44.1 Å². The maximum absolute atomic E-state index is 10.7. The highest BCUT2D eigenvalue weighted by molar-refractivity contribution is 5.19. The van der Waals surface area contributed by atoms with Gasteiger partial charge >= 0.3 is 0 Å². The Kier molecular flexibility index (Phi) is 6.72. The van der Waals surface area contributed by atoms with Gasteiger partial charge in [0, 0.05) is 12.6 Å². The minimum atomic E-state index is -0.476. The van der Waals surface area contributed by atoms with E-state index in [0.29, 0.717) is 6.04 Å². The fourth-order valence-corrected chi connectivity index (χ4v) is 3.37. The third kappa shape index (κ3) is 5.44. The van der Waals surface area contributed by atoms with Crippen molar-refractivity contribution < 1.29 is 5.11 Å². The van der Waals surface area contributed by atoms with Crippen LogP contribution < -0.4 is 5.32 Å². The summed E-state index contributed by atoms with van der Waals surface area (Å²) in [4.78, 5) is 0. The molecule has 2 heteroatoms. The molecule has 21 heavy (non-hydrogen) atoms. The predicted octanol–water partition coefficient (Wildman–Crippen LogP) is 4.59. The molecule has 2 nitrogen and oxygen atoms in total. The summed E-state index contributed by atoms with van der Waals surface area (Å²) in [5, 5.41) is 14.3. The first-order chi connectivity index (χ1) is 10.2. The van der Waals surface area contributed by atoms with Crippen molar-refractivity contribution in [2.75, 3.05) is 6.54 Å². The Hall–Kier alpha value is -0.860. The Labute approximate surface area is 130 Å². The number of aliphatic hydroxyl groups is 1. The molecule has 118 valence electrons. The molecule has 0 aromatic heterocycles. The van der Waals surface area contributed by atoms with Gasteiger partial charge in [0.05, 0.1) is 5.60 Å². The van der Waals surface area contributed by atoms with Crippen LogP contribution in [0.3, 0.4) is 0 Å². The van der Waals surface area contributed by atoms with E-state index in [0.717, 1.165) is 25.8 Å². The lowest BCUT2D eigenvalue weighted by Crippen LogP contribution is -2.43. The van der Waals surface area contributed by atoms with Crippen LogP contribution in [0.2, 0.25) is 0 Å². The molecule has 1 aliphatic carbocycles. The third-order valence-corrected chi connectivity index (χ3v) is 4.76. The largest absolute Gasteiger partial charge is 0.389 e. The molecule has 0 amide bonds. The smallest absolute Gasteiger partial charge is 0.0771 e. The standard InChI is InChI=1S/C19H31NO/c1-2-3-6-13-18(17-11-7-4-8-12-17)20-16-19(21)14-9-5-10-15-19/h4,7-8,11-12,18,20-21H,2-3,5-6,9-10,13-16H2,1H3. The van der Waals surface area contributed by atoms with Crippen molar-refractivity contribution in [3.05, 3.63) is 35.9 Å². The summed E-state index contributed by atoms with van der Waals surface area (Å²) in [6.45, 7) is 2.98. The molecule has 1 aromatic rings. The Bertz CT molecular complexity index is 384. The van der Waals surface area contributed by atoms with Crippen LogP contribution in [0.15, 0.2) is 30.3 Å². The van der Waals surface area contributed by atoms with E-state index < -0.39 is 5.60 Å². The van der Waals surface area contributed by atoms with Crippen LogP contribution in [0.5, 0.6) is 0 Å². The molecule has 2 rings (SSSR count). The number of benzene rings is 1. The topological polar surface area (TPSA) is 32.3 Å². The summed E-state index contributed by atoms with van der Waals surface area (Å²) in [6, 6.07) is 11.1. The molecule has 1 aromatic carbocycles. The molecular formula is C19H31NO. The van der Waals surface area contributed by atoms with Crippen LogP contribution in [0, 0.1) is 0 Å². The normalized spacial score (nSPS) is 19.3. The molecule has 0 saturated heterocycles. The van der Waals surface area contributed by atoms with Gasteiger partial charge in [0.25, 0.3) is 0 Å². The van der Waals surface area contributed by atoms with E-state index in [-0.39, 0.29) is 0 Å². The summed E-state index contributed by atoms with van der Waals surface area (Å²) < 4.78 is 0. The number of rotatable bonds is 8. The van der Waals surface area contributed by atoms with Gasteiger partial charge in [0.1, 0.15) is 0 Å². The second-order valence-corrected chi connectivity index (χ2v) is 6.62. The van der Waals surface area contributed by atoms with Gasteiger partial charge in [-0.1, -0.05) is 75.8 Å². The number of unbranched alkanes of at least 4 members (excludes halogenated alkanes) is 2. The summed E-state index contributed by atoms with van der Waals surface area (Å²) in [5.41, 5.74) is 0.878. The molecule has 0 aliphatic heterocycles. The van der Waals surface area contributed by atoms with Crippen molar-refractivity contribution in [1.29, 1.82) is 0 Å². The fourth-order valence-electron chi connectivity index (χ4n) is 3.37. The van der Waals surface area contributed by atoms with Crippen molar-refractivity contribution in [1.82, 2.24) is 5.32 Å². The Balaban J connectivity index is 1.92. The molecule has 1 fully saturated rings. The second-order valence-electron chi connectivity index (χ2n) is 6.62. The van der Waals surface area contributed by atoms with E-state index in [2.05, 4.69) is 42.6 Å². The zero-order valence-electron chi connectivity index (χ0n) is 13.5. The first-order valence-electron chi connectivity index (χ1n) is 8.74. The van der Waals surface area contributed by atoms with Gasteiger partial charge in [-0.15, -0.1) is 0 Å². The first-order valence-corrected chi connectivity index (χ1v) is 8.74. The monoisotopic (exact) mass is 289 g/mol. The number of nitrogens with one attached hydrogen (secondary N) is 1.